The van der Waals surface area contributed by atoms with E-state index in [9.17, 15) is 0 Å². The van der Waals surface area contributed by atoms with Crippen LogP contribution in [-0.4, -0.2) is 6.21 Å². The maximum absolute atomic E-state index is 5.36. The molecule has 2 heteroatoms. The Hall–Kier alpha value is -1.05. The van der Waals surface area contributed by atoms with Gasteiger partial charge in [0.15, 0.2) is 0 Å². The Morgan fingerprint density at radius 3 is 3.27 bits per heavy atom. The van der Waals surface area contributed by atoms with Crippen LogP contribution in [0, 0.1) is 12.8 Å². The van der Waals surface area contributed by atoms with Crippen molar-refractivity contribution in [2.24, 2.45) is 10.9 Å². The Bertz CT molecular complexity index is 299. The Kier molecular flexibility index (Phi) is 1.34. The lowest BCUT2D eigenvalue weighted by molar-refractivity contribution is 0.538. The summed E-state index contributed by atoms with van der Waals surface area (Å²) in [6, 6.07) is 2.07. The molecule has 1 atom stereocenters. The molecule has 0 N–H and O–H groups in total. The second-order valence-electron chi connectivity index (χ2n) is 3.15. The number of hydrogen-bond donors (Lipinski definition) is 0. The monoisotopic (exact) mass is 149 g/mol. The van der Waals surface area contributed by atoms with Crippen molar-refractivity contribution in [3.05, 3.63) is 17.4 Å². The number of aryl methyl sites for hydroxylation is 1. The molecule has 1 unspecified atom stereocenters. The molecule has 58 valence electrons. The van der Waals surface area contributed by atoms with Gasteiger partial charge < -0.3 is 4.42 Å². The van der Waals surface area contributed by atoms with Crippen LogP contribution in [0.2, 0.25) is 0 Å². The highest BCUT2D eigenvalue weighted by atomic mass is 16.4. The minimum absolute atomic E-state index is 0.555. The number of rotatable bonds is 0. The second kappa shape index (κ2) is 2.22. The standard InChI is InChI=1S/C9H11NO/c1-6-3-8-4-7(2)11-9(8)10-5-6/h4-6H,3H2,1-2H3. The summed E-state index contributed by atoms with van der Waals surface area (Å²) < 4.78 is 5.36. The van der Waals surface area contributed by atoms with E-state index in [0.717, 1.165) is 18.1 Å². The minimum atomic E-state index is 0.555. The van der Waals surface area contributed by atoms with Gasteiger partial charge in [0.25, 0.3) is 0 Å². The van der Waals surface area contributed by atoms with E-state index in [4.69, 9.17) is 4.42 Å². The molecule has 0 aromatic carbocycles. The van der Waals surface area contributed by atoms with Gasteiger partial charge in [0.05, 0.1) is 0 Å². The molecule has 2 heterocycles. The van der Waals surface area contributed by atoms with Crippen molar-refractivity contribution >= 4 is 12.1 Å². The van der Waals surface area contributed by atoms with Gasteiger partial charge in [-0.1, -0.05) is 6.92 Å². The van der Waals surface area contributed by atoms with Gasteiger partial charge in [0.2, 0.25) is 5.88 Å². The lowest BCUT2D eigenvalue weighted by atomic mass is 10.0. The Morgan fingerprint density at radius 1 is 1.64 bits per heavy atom. The maximum atomic E-state index is 5.36. The molecule has 1 aromatic heterocycles. The molecule has 11 heavy (non-hydrogen) atoms. The van der Waals surface area contributed by atoms with Crippen LogP contribution < -0.4 is 0 Å². The molecule has 0 spiro atoms. The van der Waals surface area contributed by atoms with Crippen LogP contribution in [0.15, 0.2) is 15.5 Å². The number of aliphatic imine (C=N–C) groups is 1. The Balaban J connectivity index is 2.44. The van der Waals surface area contributed by atoms with Crippen LogP contribution >= 0.6 is 0 Å². The molecular formula is C9H11NO. The van der Waals surface area contributed by atoms with Crippen molar-refractivity contribution in [1.82, 2.24) is 0 Å². The molecule has 1 aliphatic rings. The highest BCUT2D eigenvalue weighted by molar-refractivity contribution is 5.68. The van der Waals surface area contributed by atoms with Crippen molar-refractivity contribution < 1.29 is 4.42 Å². The Labute approximate surface area is 65.9 Å². The second-order valence-corrected chi connectivity index (χ2v) is 3.15. The van der Waals surface area contributed by atoms with E-state index < -0.39 is 0 Å². The van der Waals surface area contributed by atoms with Crippen LogP contribution in [-0.2, 0) is 6.42 Å². The lowest BCUT2D eigenvalue weighted by Crippen LogP contribution is -2.03. The van der Waals surface area contributed by atoms with Crippen molar-refractivity contribution in [2.75, 3.05) is 0 Å². The van der Waals surface area contributed by atoms with Crippen molar-refractivity contribution in [1.29, 1.82) is 0 Å². The van der Waals surface area contributed by atoms with Crippen molar-refractivity contribution in [2.45, 2.75) is 20.3 Å². The van der Waals surface area contributed by atoms with Crippen LogP contribution in [0.3, 0.4) is 0 Å². The molecule has 0 aliphatic carbocycles. The summed E-state index contributed by atoms with van der Waals surface area (Å²) in [6.07, 6.45) is 3.02. The quantitative estimate of drug-likeness (QED) is 0.556. The zero-order valence-electron chi connectivity index (χ0n) is 6.79. The van der Waals surface area contributed by atoms with Crippen LogP contribution in [0.25, 0.3) is 0 Å². The van der Waals surface area contributed by atoms with Crippen LogP contribution in [0.4, 0.5) is 5.88 Å². The normalized spacial score (nSPS) is 21.8. The van der Waals surface area contributed by atoms with E-state index in [1.54, 1.807) is 0 Å². The van der Waals surface area contributed by atoms with E-state index in [1.165, 1.54) is 5.56 Å². The smallest absolute Gasteiger partial charge is 0.221 e. The fourth-order valence-corrected chi connectivity index (χ4v) is 1.40. The molecule has 0 fully saturated rings. The first-order valence-corrected chi connectivity index (χ1v) is 3.89. The van der Waals surface area contributed by atoms with E-state index in [-0.39, 0.29) is 0 Å². The minimum Gasteiger partial charge on any atom is -0.443 e. The molecule has 1 aliphatic heterocycles. The molecular weight excluding hydrogens is 138 g/mol. The zero-order valence-corrected chi connectivity index (χ0v) is 6.79. The fourth-order valence-electron chi connectivity index (χ4n) is 1.40. The van der Waals surface area contributed by atoms with Gasteiger partial charge in [-0.25, -0.2) is 4.99 Å². The first-order valence-electron chi connectivity index (χ1n) is 3.89. The largest absolute Gasteiger partial charge is 0.443 e. The number of fused-ring (bicyclic) bond motifs is 1. The van der Waals surface area contributed by atoms with Gasteiger partial charge in [0.1, 0.15) is 5.76 Å². The average Bonchev–Trinajstić information content (AvgIpc) is 2.27. The van der Waals surface area contributed by atoms with Crippen molar-refractivity contribution in [3.8, 4) is 0 Å². The summed E-state index contributed by atoms with van der Waals surface area (Å²) in [5, 5.41) is 0. The molecule has 2 rings (SSSR count). The number of nitrogens with zero attached hydrogens (tertiary/aromatic N) is 1. The number of furan rings is 1. The molecule has 1 aromatic rings. The summed E-state index contributed by atoms with van der Waals surface area (Å²) in [5.41, 5.74) is 1.25. The summed E-state index contributed by atoms with van der Waals surface area (Å²) in [7, 11) is 0. The van der Waals surface area contributed by atoms with Gasteiger partial charge in [-0.3, -0.25) is 0 Å². The topological polar surface area (TPSA) is 25.5 Å². The van der Waals surface area contributed by atoms with E-state index in [2.05, 4.69) is 18.0 Å². The lowest BCUT2D eigenvalue weighted by Gasteiger charge is -2.07. The third-order valence-electron chi connectivity index (χ3n) is 1.90. The molecule has 0 radical (unpaired) electrons. The molecule has 0 bridgehead atoms. The molecule has 0 saturated heterocycles. The highest BCUT2D eigenvalue weighted by Crippen LogP contribution is 2.28. The third kappa shape index (κ3) is 1.09. The van der Waals surface area contributed by atoms with E-state index in [1.807, 2.05) is 13.1 Å². The summed E-state index contributed by atoms with van der Waals surface area (Å²) >= 11 is 0. The van der Waals surface area contributed by atoms with Crippen LogP contribution in [0.5, 0.6) is 0 Å². The van der Waals surface area contributed by atoms with Crippen LogP contribution in [0.1, 0.15) is 18.2 Å². The highest BCUT2D eigenvalue weighted by Gasteiger charge is 2.14. The molecule has 0 saturated carbocycles. The average molecular weight is 149 g/mol. The van der Waals surface area contributed by atoms with E-state index in [0.29, 0.717) is 5.92 Å². The van der Waals surface area contributed by atoms with Gasteiger partial charge in [0, 0.05) is 11.8 Å². The van der Waals surface area contributed by atoms with E-state index >= 15 is 0 Å². The summed E-state index contributed by atoms with van der Waals surface area (Å²) in [4.78, 5) is 4.20. The fraction of sp³-hybridized carbons (Fsp3) is 0.444. The predicted octanol–water partition coefficient (Wildman–Crippen LogP) is 2.48. The van der Waals surface area contributed by atoms with Gasteiger partial charge >= 0.3 is 0 Å². The predicted molar refractivity (Wildman–Crippen MR) is 44.5 cm³/mol. The number of hydrogen-bond acceptors (Lipinski definition) is 2. The molecule has 0 amide bonds. The third-order valence-corrected chi connectivity index (χ3v) is 1.90. The first kappa shape index (κ1) is 6.65. The SMILES string of the molecule is Cc1cc2c(o1)N=CC(C)C2. The first-order chi connectivity index (χ1) is 5.25. The van der Waals surface area contributed by atoms with Crippen molar-refractivity contribution in [3.63, 3.8) is 0 Å². The summed E-state index contributed by atoms with van der Waals surface area (Å²) in [6.45, 7) is 4.12. The molecule has 2 nitrogen and oxygen atoms in total. The zero-order chi connectivity index (χ0) is 7.84. The van der Waals surface area contributed by atoms with Gasteiger partial charge in [-0.15, -0.1) is 0 Å². The Morgan fingerprint density at radius 2 is 2.45 bits per heavy atom. The van der Waals surface area contributed by atoms with Gasteiger partial charge in [-0.2, -0.15) is 0 Å². The summed E-state index contributed by atoms with van der Waals surface area (Å²) in [5.74, 6) is 2.32. The maximum Gasteiger partial charge on any atom is 0.221 e. The van der Waals surface area contributed by atoms with Gasteiger partial charge in [-0.05, 0) is 25.3 Å².